The quantitative estimate of drug-likeness (QED) is 0.444. The number of fused-ring (bicyclic) bond motifs is 1. The Hall–Kier alpha value is -3.22. The monoisotopic (exact) mass is 371 g/mol. The summed E-state index contributed by atoms with van der Waals surface area (Å²) >= 11 is 0. The summed E-state index contributed by atoms with van der Waals surface area (Å²) in [5.74, 6) is -2.25. The van der Waals surface area contributed by atoms with Crippen molar-refractivity contribution in [1.82, 2.24) is 4.90 Å². The lowest BCUT2D eigenvalue weighted by Crippen LogP contribution is -2.44. The SMILES string of the molecule is Cc1ccc2c(c1)C(=O)N([C@H](C)C(=O)OCCOc1ccccc1F)C2=O. The number of nitrogens with zero attached hydrogens (tertiary/aromatic N) is 1. The zero-order valence-corrected chi connectivity index (χ0v) is 14.9. The highest BCUT2D eigenvalue weighted by atomic mass is 19.1. The molecule has 140 valence electrons. The minimum atomic E-state index is -1.08. The number of halogens is 1. The van der Waals surface area contributed by atoms with Gasteiger partial charge in [-0.3, -0.25) is 14.5 Å². The fraction of sp³-hybridized carbons (Fsp3) is 0.250. The van der Waals surface area contributed by atoms with Crippen LogP contribution in [0.4, 0.5) is 4.39 Å². The van der Waals surface area contributed by atoms with Crippen molar-refractivity contribution in [2.45, 2.75) is 19.9 Å². The molecule has 0 saturated carbocycles. The second-order valence-electron chi connectivity index (χ2n) is 6.15. The lowest BCUT2D eigenvalue weighted by molar-refractivity contribution is -0.148. The molecule has 0 saturated heterocycles. The third-order valence-corrected chi connectivity index (χ3v) is 4.22. The lowest BCUT2D eigenvalue weighted by Gasteiger charge is -2.20. The van der Waals surface area contributed by atoms with Crippen molar-refractivity contribution in [1.29, 1.82) is 0 Å². The van der Waals surface area contributed by atoms with Gasteiger partial charge in [0.1, 0.15) is 19.3 Å². The molecule has 0 fully saturated rings. The summed E-state index contributed by atoms with van der Waals surface area (Å²) in [6.07, 6.45) is 0. The van der Waals surface area contributed by atoms with Gasteiger partial charge in [0, 0.05) is 0 Å². The number of benzene rings is 2. The van der Waals surface area contributed by atoms with Gasteiger partial charge in [-0.1, -0.05) is 23.8 Å². The Morgan fingerprint density at radius 2 is 1.78 bits per heavy atom. The van der Waals surface area contributed by atoms with E-state index in [1.807, 2.05) is 6.92 Å². The number of para-hydroxylation sites is 1. The number of amides is 2. The van der Waals surface area contributed by atoms with Crippen molar-refractivity contribution in [3.63, 3.8) is 0 Å². The molecule has 0 N–H and O–H groups in total. The predicted molar refractivity (Wildman–Crippen MR) is 94.0 cm³/mol. The standard InChI is InChI=1S/C20H18FNO5/c1-12-7-8-14-15(11-12)19(24)22(18(14)23)13(2)20(25)27-10-9-26-17-6-4-3-5-16(17)21/h3-8,11,13H,9-10H2,1-2H3/t13-/m1/s1. The molecule has 7 heteroatoms. The number of ether oxygens (including phenoxy) is 2. The Bertz CT molecular complexity index is 911. The number of rotatable bonds is 6. The van der Waals surface area contributed by atoms with Crippen LogP contribution in [0.1, 0.15) is 33.2 Å². The zero-order valence-electron chi connectivity index (χ0n) is 14.9. The summed E-state index contributed by atoms with van der Waals surface area (Å²) in [4.78, 5) is 38.0. The van der Waals surface area contributed by atoms with Gasteiger partial charge < -0.3 is 9.47 Å². The summed E-state index contributed by atoms with van der Waals surface area (Å²) in [6, 6.07) is 9.72. The van der Waals surface area contributed by atoms with E-state index in [4.69, 9.17) is 9.47 Å². The first-order valence-corrected chi connectivity index (χ1v) is 8.42. The number of imide groups is 1. The predicted octanol–water partition coefficient (Wildman–Crippen LogP) is 2.74. The van der Waals surface area contributed by atoms with Gasteiger partial charge in [-0.2, -0.15) is 0 Å². The number of hydrogen-bond donors (Lipinski definition) is 0. The van der Waals surface area contributed by atoms with Crippen LogP contribution in [0.3, 0.4) is 0 Å². The first-order valence-electron chi connectivity index (χ1n) is 8.42. The van der Waals surface area contributed by atoms with E-state index in [9.17, 15) is 18.8 Å². The molecular weight excluding hydrogens is 353 g/mol. The molecule has 0 bridgehead atoms. The first kappa shape index (κ1) is 18.6. The molecule has 2 aromatic rings. The van der Waals surface area contributed by atoms with Gasteiger partial charge in [0.25, 0.3) is 11.8 Å². The van der Waals surface area contributed by atoms with E-state index in [0.717, 1.165) is 10.5 Å². The molecule has 1 aliphatic heterocycles. The van der Waals surface area contributed by atoms with Crippen molar-refractivity contribution in [3.05, 3.63) is 65.0 Å². The number of carbonyl (C=O) groups excluding carboxylic acids is 3. The van der Waals surface area contributed by atoms with E-state index in [-0.39, 0.29) is 30.1 Å². The van der Waals surface area contributed by atoms with Gasteiger partial charge in [-0.05, 0) is 38.1 Å². The molecule has 6 nitrogen and oxygen atoms in total. The highest BCUT2D eigenvalue weighted by Crippen LogP contribution is 2.26. The van der Waals surface area contributed by atoms with Crippen LogP contribution in [0.15, 0.2) is 42.5 Å². The largest absolute Gasteiger partial charge is 0.487 e. The minimum absolute atomic E-state index is 0.0531. The molecule has 0 spiro atoms. The molecule has 0 radical (unpaired) electrons. The summed E-state index contributed by atoms with van der Waals surface area (Å²) in [5.41, 5.74) is 1.40. The van der Waals surface area contributed by atoms with E-state index < -0.39 is 29.6 Å². The van der Waals surface area contributed by atoms with Crippen LogP contribution in [-0.2, 0) is 9.53 Å². The maximum absolute atomic E-state index is 13.4. The third kappa shape index (κ3) is 3.67. The van der Waals surface area contributed by atoms with Crippen LogP contribution in [-0.4, -0.2) is 41.9 Å². The summed E-state index contributed by atoms with van der Waals surface area (Å²) in [6.45, 7) is 3.04. The van der Waals surface area contributed by atoms with Crippen LogP contribution < -0.4 is 4.74 Å². The van der Waals surface area contributed by atoms with Crippen LogP contribution in [0.25, 0.3) is 0 Å². The summed E-state index contributed by atoms with van der Waals surface area (Å²) < 4.78 is 23.7. The van der Waals surface area contributed by atoms with Crippen molar-refractivity contribution >= 4 is 17.8 Å². The van der Waals surface area contributed by atoms with Crippen molar-refractivity contribution < 1.29 is 28.2 Å². The molecular formula is C20H18FNO5. The molecule has 27 heavy (non-hydrogen) atoms. The number of esters is 1. The third-order valence-electron chi connectivity index (χ3n) is 4.22. The van der Waals surface area contributed by atoms with E-state index in [1.54, 1.807) is 24.3 Å². The number of aryl methyl sites for hydroxylation is 1. The zero-order chi connectivity index (χ0) is 19.6. The van der Waals surface area contributed by atoms with Crippen molar-refractivity contribution in [3.8, 4) is 5.75 Å². The highest BCUT2D eigenvalue weighted by molar-refractivity contribution is 6.22. The van der Waals surface area contributed by atoms with Crippen LogP contribution in [0.2, 0.25) is 0 Å². The topological polar surface area (TPSA) is 72.9 Å². The minimum Gasteiger partial charge on any atom is -0.487 e. The Morgan fingerprint density at radius 3 is 2.52 bits per heavy atom. The highest BCUT2D eigenvalue weighted by Gasteiger charge is 2.41. The maximum atomic E-state index is 13.4. The Labute approximate surface area is 155 Å². The van der Waals surface area contributed by atoms with Gasteiger partial charge in [0.15, 0.2) is 11.6 Å². The second kappa shape index (κ2) is 7.57. The summed E-state index contributed by atoms with van der Waals surface area (Å²) in [7, 11) is 0. The van der Waals surface area contributed by atoms with Crippen molar-refractivity contribution in [2.24, 2.45) is 0 Å². The molecule has 1 heterocycles. The van der Waals surface area contributed by atoms with Gasteiger partial charge in [0.05, 0.1) is 11.1 Å². The Kier molecular flexibility index (Phi) is 5.21. The van der Waals surface area contributed by atoms with Crippen LogP contribution >= 0.6 is 0 Å². The van der Waals surface area contributed by atoms with Crippen LogP contribution in [0, 0.1) is 12.7 Å². The second-order valence-corrected chi connectivity index (χ2v) is 6.15. The van der Waals surface area contributed by atoms with Gasteiger partial charge in [-0.25, -0.2) is 9.18 Å². The molecule has 3 rings (SSSR count). The Balaban J connectivity index is 1.57. The lowest BCUT2D eigenvalue weighted by atomic mass is 10.1. The smallest absolute Gasteiger partial charge is 0.329 e. The maximum Gasteiger partial charge on any atom is 0.329 e. The van der Waals surface area contributed by atoms with Crippen LogP contribution in [0.5, 0.6) is 5.75 Å². The fourth-order valence-corrected chi connectivity index (χ4v) is 2.81. The van der Waals surface area contributed by atoms with Gasteiger partial charge in [-0.15, -0.1) is 0 Å². The Morgan fingerprint density at radius 1 is 1.07 bits per heavy atom. The molecule has 0 aliphatic carbocycles. The van der Waals surface area contributed by atoms with E-state index in [0.29, 0.717) is 0 Å². The molecule has 2 amide bonds. The average Bonchev–Trinajstić information content (AvgIpc) is 2.89. The normalized spacial score (nSPS) is 14.1. The van der Waals surface area contributed by atoms with E-state index in [2.05, 4.69) is 0 Å². The van der Waals surface area contributed by atoms with Gasteiger partial charge in [0.2, 0.25) is 0 Å². The summed E-state index contributed by atoms with van der Waals surface area (Å²) in [5, 5.41) is 0. The number of carbonyl (C=O) groups is 3. The number of hydrogen-bond acceptors (Lipinski definition) is 5. The molecule has 1 aliphatic rings. The fourth-order valence-electron chi connectivity index (χ4n) is 2.81. The average molecular weight is 371 g/mol. The van der Waals surface area contributed by atoms with Gasteiger partial charge >= 0.3 is 5.97 Å². The van der Waals surface area contributed by atoms with Crippen molar-refractivity contribution in [2.75, 3.05) is 13.2 Å². The van der Waals surface area contributed by atoms with E-state index >= 15 is 0 Å². The molecule has 0 aromatic heterocycles. The molecule has 1 atom stereocenters. The molecule has 0 unspecified atom stereocenters. The first-order chi connectivity index (χ1) is 12.9. The molecule has 2 aromatic carbocycles. The van der Waals surface area contributed by atoms with E-state index in [1.165, 1.54) is 25.1 Å².